The van der Waals surface area contributed by atoms with Crippen LogP contribution in [-0.2, 0) is 0 Å². The second-order valence-electron chi connectivity index (χ2n) is 4.33. The Labute approximate surface area is 106 Å². The van der Waals surface area contributed by atoms with Gasteiger partial charge in [-0.3, -0.25) is 4.57 Å². The van der Waals surface area contributed by atoms with Gasteiger partial charge in [0.05, 0.1) is 0 Å². The summed E-state index contributed by atoms with van der Waals surface area (Å²) in [6.07, 6.45) is 5.05. The number of pyridine rings is 1. The van der Waals surface area contributed by atoms with E-state index in [1.54, 1.807) is 0 Å². The summed E-state index contributed by atoms with van der Waals surface area (Å²) in [5, 5.41) is 0. The molecule has 0 aliphatic rings. The smallest absolute Gasteiger partial charge is 0.202 e. The lowest BCUT2D eigenvalue weighted by atomic mass is 10.2. The molecule has 0 saturated carbocycles. The largest absolute Gasteiger partial charge is 0.369 e. The van der Waals surface area contributed by atoms with Crippen molar-refractivity contribution in [1.82, 2.24) is 14.5 Å². The summed E-state index contributed by atoms with van der Waals surface area (Å²) < 4.78 is 2.03. The first-order valence-corrected chi connectivity index (χ1v) is 7.12. The normalized spacial score (nSPS) is 13.1. The topological polar surface area (TPSA) is 56.7 Å². The van der Waals surface area contributed by atoms with Crippen LogP contribution in [0.1, 0.15) is 24.9 Å². The molecule has 92 valence electrons. The second kappa shape index (κ2) is 4.96. The van der Waals surface area contributed by atoms with E-state index in [1.807, 2.05) is 35.5 Å². The van der Waals surface area contributed by atoms with Crippen LogP contribution in [-0.4, -0.2) is 26.5 Å². The van der Waals surface area contributed by atoms with Gasteiger partial charge >= 0.3 is 0 Å². The molecular weight excluding hydrogens is 232 g/mol. The molecule has 2 aromatic heterocycles. The summed E-state index contributed by atoms with van der Waals surface area (Å²) >= 11 is 1.85. The average molecular weight is 250 g/mol. The molecule has 1 unspecified atom stereocenters. The quantitative estimate of drug-likeness (QED) is 0.906. The highest BCUT2D eigenvalue weighted by atomic mass is 32.2. The van der Waals surface area contributed by atoms with E-state index < -0.39 is 0 Å². The van der Waals surface area contributed by atoms with Crippen LogP contribution in [0.5, 0.6) is 0 Å². The number of aromatic nitrogens is 3. The molecule has 0 aliphatic carbocycles. The third-order valence-electron chi connectivity index (χ3n) is 2.87. The Hall–Kier alpha value is -1.23. The third kappa shape index (κ3) is 2.39. The molecule has 0 spiro atoms. The van der Waals surface area contributed by atoms with E-state index in [0.717, 1.165) is 28.9 Å². The number of anilines is 1. The molecule has 4 nitrogen and oxygen atoms in total. The average Bonchev–Trinajstić information content (AvgIpc) is 2.61. The fourth-order valence-electron chi connectivity index (χ4n) is 1.95. The second-order valence-corrected chi connectivity index (χ2v) is 5.31. The van der Waals surface area contributed by atoms with Crippen molar-refractivity contribution >= 4 is 28.9 Å². The van der Waals surface area contributed by atoms with Crippen LogP contribution in [0.2, 0.25) is 0 Å². The monoisotopic (exact) mass is 250 g/mol. The summed E-state index contributed by atoms with van der Waals surface area (Å²) in [5.41, 5.74) is 8.87. The molecular formula is C12H18N4S. The molecule has 1 atom stereocenters. The fraction of sp³-hybridized carbons (Fsp3) is 0.500. The van der Waals surface area contributed by atoms with Gasteiger partial charge in [-0.05, 0) is 43.9 Å². The summed E-state index contributed by atoms with van der Waals surface area (Å²) in [4.78, 5) is 8.82. The van der Waals surface area contributed by atoms with Gasteiger partial charge < -0.3 is 5.73 Å². The van der Waals surface area contributed by atoms with Crippen LogP contribution in [0.25, 0.3) is 11.2 Å². The number of imidazole rings is 1. The Morgan fingerprint density at radius 2 is 2.29 bits per heavy atom. The number of rotatable bonds is 4. The number of thioether (sulfide) groups is 1. The molecule has 2 rings (SSSR count). The highest BCUT2D eigenvalue weighted by molar-refractivity contribution is 7.98. The SMILES string of the molecule is CSCCC(C)n1c(N)nc2cc(C)cnc21. The Morgan fingerprint density at radius 3 is 3.00 bits per heavy atom. The minimum absolute atomic E-state index is 0.336. The van der Waals surface area contributed by atoms with E-state index in [4.69, 9.17) is 5.73 Å². The molecule has 0 aromatic carbocycles. The first kappa shape index (κ1) is 12.2. The standard InChI is InChI=1S/C12H18N4S/c1-8-6-10-11(14-7-8)16(12(13)15-10)9(2)4-5-17-3/h6-7,9H,4-5H2,1-3H3,(H2,13,15). The molecule has 5 heteroatoms. The maximum Gasteiger partial charge on any atom is 0.202 e. The molecule has 0 saturated heterocycles. The Morgan fingerprint density at radius 1 is 1.53 bits per heavy atom. The predicted octanol–water partition coefficient (Wildman–Crippen LogP) is 2.64. The molecule has 0 fully saturated rings. The van der Waals surface area contributed by atoms with E-state index in [9.17, 15) is 0 Å². The number of nitrogens with zero attached hydrogens (tertiary/aromatic N) is 3. The molecule has 0 aliphatic heterocycles. The number of hydrogen-bond donors (Lipinski definition) is 1. The lowest BCUT2D eigenvalue weighted by Crippen LogP contribution is -2.10. The van der Waals surface area contributed by atoms with Crippen molar-refractivity contribution in [3.8, 4) is 0 Å². The van der Waals surface area contributed by atoms with E-state index in [1.165, 1.54) is 0 Å². The molecule has 2 heterocycles. The third-order valence-corrected chi connectivity index (χ3v) is 3.52. The van der Waals surface area contributed by atoms with Crippen molar-refractivity contribution in [2.75, 3.05) is 17.7 Å². The summed E-state index contributed by atoms with van der Waals surface area (Å²) in [6.45, 7) is 4.17. The van der Waals surface area contributed by atoms with Gasteiger partial charge in [0.15, 0.2) is 5.65 Å². The van der Waals surface area contributed by atoms with Gasteiger partial charge in [-0.25, -0.2) is 9.97 Å². The van der Waals surface area contributed by atoms with Crippen LogP contribution in [0.15, 0.2) is 12.3 Å². The zero-order valence-corrected chi connectivity index (χ0v) is 11.3. The van der Waals surface area contributed by atoms with E-state index in [0.29, 0.717) is 12.0 Å². The van der Waals surface area contributed by atoms with Crippen molar-refractivity contribution < 1.29 is 0 Å². The first-order valence-electron chi connectivity index (χ1n) is 5.72. The van der Waals surface area contributed by atoms with E-state index in [-0.39, 0.29) is 0 Å². The number of nitrogens with two attached hydrogens (primary N) is 1. The molecule has 0 radical (unpaired) electrons. The highest BCUT2D eigenvalue weighted by Crippen LogP contribution is 2.24. The van der Waals surface area contributed by atoms with Crippen molar-refractivity contribution in [3.63, 3.8) is 0 Å². The minimum atomic E-state index is 0.336. The highest BCUT2D eigenvalue weighted by Gasteiger charge is 2.14. The van der Waals surface area contributed by atoms with Crippen LogP contribution < -0.4 is 5.73 Å². The summed E-state index contributed by atoms with van der Waals surface area (Å²) in [5.74, 6) is 1.68. The van der Waals surface area contributed by atoms with Gasteiger partial charge in [-0.15, -0.1) is 0 Å². The van der Waals surface area contributed by atoms with Crippen LogP contribution in [0.4, 0.5) is 5.95 Å². The van der Waals surface area contributed by atoms with Crippen molar-refractivity contribution in [2.24, 2.45) is 0 Å². The Balaban J connectivity index is 2.42. The molecule has 0 bridgehead atoms. The number of nitrogen functional groups attached to an aromatic ring is 1. The van der Waals surface area contributed by atoms with E-state index in [2.05, 4.69) is 23.1 Å². The van der Waals surface area contributed by atoms with Gasteiger partial charge in [-0.2, -0.15) is 11.8 Å². The van der Waals surface area contributed by atoms with Crippen LogP contribution >= 0.6 is 11.8 Å². The molecule has 0 amide bonds. The number of hydrogen-bond acceptors (Lipinski definition) is 4. The maximum absolute atomic E-state index is 5.98. The van der Waals surface area contributed by atoms with Crippen molar-refractivity contribution in [3.05, 3.63) is 17.8 Å². The molecule has 2 aromatic rings. The number of aryl methyl sites for hydroxylation is 1. The Kier molecular flexibility index (Phi) is 3.57. The van der Waals surface area contributed by atoms with Crippen LogP contribution in [0, 0.1) is 6.92 Å². The Bertz CT molecular complexity index is 520. The lowest BCUT2D eigenvalue weighted by Gasteiger charge is -2.14. The minimum Gasteiger partial charge on any atom is -0.369 e. The lowest BCUT2D eigenvalue weighted by molar-refractivity contribution is 0.553. The van der Waals surface area contributed by atoms with Gasteiger partial charge in [0.25, 0.3) is 0 Å². The maximum atomic E-state index is 5.98. The zero-order chi connectivity index (χ0) is 12.4. The summed E-state index contributed by atoms with van der Waals surface area (Å²) in [7, 11) is 0. The van der Waals surface area contributed by atoms with Gasteiger partial charge in [0, 0.05) is 12.2 Å². The van der Waals surface area contributed by atoms with E-state index >= 15 is 0 Å². The van der Waals surface area contributed by atoms with Crippen LogP contribution in [0.3, 0.4) is 0 Å². The summed E-state index contributed by atoms with van der Waals surface area (Å²) in [6, 6.07) is 2.36. The fourth-order valence-corrected chi connectivity index (χ4v) is 2.53. The first-order chi connectivity index (χ1) is 8.13. The zero-order valence-electron chi connectivity index (χ0n) is 10.5. The van der Waals surface area contributed by atoms with Gasteiger partial charge in [0.1, 0.15) is 5.52 Å². The van der Waals surface area contributed by atoms with Crippen molar-refractivity contribution in [2.45, 2.75) is 26.3 Å². The molecule has 2 N–H and O–H groups in total. The molecule has 17 heavy (non-hydrogen) atoms. The van der Waals surface area contributed by atoms with Gasteiger partial charge in [-0.1, -0.05) is 0 Å². The van der Waals surface area contributed by atoms with Crippen molar-refractivity contribution in [1.29, 1.82) is 0 Å². The predicted molar refractivity (Wildman–Crippen MR) is 74.4 cm³/mol. The van der Waals surface area contributed by atoms with Gasteiger partial charge in [0.2, 0.25) is 5.95 Å². The number of fused-ring (bicyclic) bond motifs is 1.